The minimum absolute atomic E-state index is 0.258. The van der Waals surface area contributed by atoms with Gasteiger partial charge in [0, 0.05) is 17.9 Å². The van der Waals surface area contributed by atoms with Crippen molar-refractivity contribution >= 4 is 51.9 Å². The van der Waals surface area contributed by atoms with Crippen LogP contribution in [-0.2, 0) is 14.3 Å². The average Bonchev–Trinajstić information content (AvgIpc) is 3.55. The van der Waals surface area contributed by atoms with Gasteiger partial charge in [-0.2, -0.15) is 0 Å². The standard InChI is InChI=1S/C25H24ClNO6S2/c1-13-9-10-34-24(13)21-20(23(29)16-7-8-17(26)35-16)19(14-5-4-6-15(11-14)33-3)22(25(30)31)27(21)18(28)12-32-2/h4-11,19-22H,12H2,1-3H3,(H,30,31). The molecule has 4 atom stereocenters. The van der Waals surface area contributed by atoms with E-state index in [0.717, 1.165) is 21.8 Å². The smallest absolute Gasteiger partial charge is 0.327 e. The molecule has 1 amide bonds. The van der Waals surface area contributed by atoms with E-state index in [1.54, 1.807) is 36.4 Å². The van der Waals surface area contributed by atoms with Gasteiger partial charge in [0.1, 0.15) is 18.4 Å². The second kappa shape index (κ2) is 10.5. The number of methoxy groups -OCH3 is 2. The highest BCUT2D eigenvalue weighted by Crippen LogP contribution is 2.53. The highest BCUT2D eigenvalue weighted by molar-refractivity contribution is 7.18. The Hall–Kier alpha value is -2.72. The van der Waals surface area contributed by atoms with Gasteiger partial charge in [-0.1, -0.05) is 23.7 Å². The van der Waals surface area contributed by atoms with Crippen molar-refractivity contribution < 1.29 is 29.0 Å². The molecule has 3 aromatic rings. The Morgan fingerprint density at radius 1 is 1.14 bits per heavy atom. The van der Waals surface area contributed by atoms with Gasteiger partial charge in [-0.15, -0.1) is 22.7 Å². The Bertz CT molecular complexity index is 1250. The number of halogens is 1. The van der Waals surface area contributed by atoms with E-state index in [1.165, 1.54) is 30.5 Å². The number of nitrogens with zero attached hydrogens (tertiary/aromatic N) is 1. The number of benzene rings is 1. The van der Waals surface area contributed by atoms with Crippen molar-refractivity contribution in [3.63, 3.8) is 0 Å². The molecule has 3 heterocycles. The fourth-order valence-electron chi connectivity index (χ4n) is 4.83. The zero-order valence-electron chi connectivity index (χ0n) is 19.3. The van der Waals surface area contributed by atoms with Crippen molar-refractivity contribution in [1.29, 1.82) is 0 Å². The van der Waals surface area contributed by atoms with Crippen LogP contribution in [0.15, 0.2) is 47.8 Å². The number of thiophene rings is 2. The zero-order chi connectivity index (χ0) is 25.3. The first kappa shape index (κ1) is 25.4. The first-order valence-electron chi connectivity index (χ1n) is 10.8. The van der Waals surface area contributed by atoms with E-state index < -0.39 is 35.8 Å². The summed E-state index contributed by atoms with van der Waals surface area (Å²) in [5.74, 6) is -3.11. The van der Waals surface area contributed by atoms with Gasteiger partial charge in [0.2, 0.25) is 5.91 Å². The number of hydrogen-bond donors (Lipinski definition) is 1. The summed E-state index contributed by atoms with van der Waals surface area (Å²) < 4.78 is 10.9. The third-order valence-corrected chi connectivity index (χ3v) is 8.58. The summed E-state index contributed by atoms with van der Waals surface area (Å²) in [7, 11) is 2.90. The number of carbonyl (C=O) groups excluding carboxylic acids is 2. The van der Waals surface area contributed by atoms with Crippen LogP contribution < -0.4 is 4.74 Å². The van der Waals surface area contributed by atoms with Gasteiger partial charge >= 0.3 is 5.97 Å². The lowest BCUT2D eigenvalue weighted by atomic mass is 9.78. The van der Waals surface area contributed by atoms with Gasteiger partial charge in [-0.25, -0.2) is 4.79 Å². The number of aryl methyl sites for hydroxylation is 1. The summed E-state index contributed by atoms with van der Waals surface area (Å²) in [6.07, 6.45) is 0. The SMILES string of the molecule is COCC(=O)N1C(C(=O)O)C(c2cccc(OC)c2)C(C(=O)c2ccc(Cl)s2)C1c1sccc1C. The van der Waals surface area contributed by atoms with Crippen LogP contribution in [0.2, 0.25) is 4.34 Å². The van der Waals surface area contributed by atoms with E-state index in [9.17, 15) is 19.5 Å². The third-order valence-electron chi connectivity index (χ3n) is 6.24. The predicted octanol–water partition coefficient (Wildman–Crippen LogP) is 5.05. The summed E-state index contributed by atoms with van der Waals surface area (Å²) >= 11 is 8.68. The van der Waals surface area contributed by atoms with Gasteiger partial charge in [0.15, 0.2) is 5.78 Å². The molecule has 1 N–H and O–H groups in total. The van der Waals surface area contributed by atoms with Crippen LogP contribution in [0.1, 0.15) is 37.6 Å². The van der Waals surface area contributed by atoms with Gasteiger partial charge in [0.05, 0.1) is 28.3 Å². The monoisotopic (exact) mass is 533 g/mol. The Morgan fingerprint density at radius 2 is 1.91 bits per heavy atom. The molecule has 4 unspecified atom stereocenters. The van der Waals surface area contributed by atoms with E-state index in [1.807, 2.05) is 18.4 Å². The molecule has 0 radical (unpaired) electrons. The first-order chi connectivity index (χ1) is 16.8. The van der Waals surface area contributed by atoms with Crippen molar-refractivity contribution in [3.05, 3.63) is 73.1 Å². The van der Waals surface area contributed by atoms with E-state index in [2.05, 4.69) is 0 Å². The number of hydrogen-bond acceptors (Lipinski definition) is 7. The molecule has 0 aliphatic carbocycles. The molecule has 2 aromatic heterocycles. The molecule has 1 aliphatic rings. The highest BCUT2D eigenvalue weighted by Gasteiger charge is 2.58. The van der Waals surface area contributed by atoms with Crippen LogP contribution in [0.4, 0.5) is 0 Å². The number of ether oxygens (including phenoxy) is 2. The Balaban J connectivity index is 1.99. The number of carbonyl (C=O) groups is 3. The molecule has 35 heavy (non-hydrogen) atoms. The predicted molar refractivity (Wildman–Crippen MR) is 135 cm³/mol. The molecular weight excluding hydrogens is 510 g/mol. The average molecular weight is 534 g/mol. The van der Waals surface area contributed by atoms with Crippen LogP contribution in [0.25, 0.3) is 0 Å². The number of aliphatic carboxylic acids is 1. The molecule has 10 heteroatoms. The summed E-state index contributed by atoms with van der Waals surface area (Å²) in [6, 6.07) is 10.1. The number of Topliss-reactive ketones (excluding diaryl/α,β-unsaturated/α-hetero) is 1. The molecule has 1 fully saturated rings. The highest BCUT2D eigenvalue weighted by atomic mass is 35.5. The number of carboxylic acids is 1. The Labute approximate surface area is 215 Å². The van der Waals surface area contributed by atoms with Gasteiger partial charge < -0.3 is 19.5 Å². The summed E-state index contributed by atoms with van der Waals surface area (Å²) in [5, 5.41) is 12.3. The summed E-state index contributed by atoms with van der Waals surface area (Å²) in [4.78, 5) is 42.7. The van der Waals surface area contributed by atoms with Gasteiger partial charge in [-0.3, -0.25) is 9.59 Å². The maximum Gasteiger partial charge on any atom is 0.327 e. The normalized spacial score (nSPS) is 21.8. The minimum atomic E-state index is -1.29. The van der Waals surface area contributed by atoms with Crippen molar-refractivity contribution in [1.82, 2.24) is 4.90 Å². The molecule has 1 aromatic carbocycles. The quantitative estimate of drug-likeness (QED) is 0.407. The second-order valence-corrected chi connectivity index (χ2v) is 10.9. The lowest BCUT2D eigenvalue weighted by Crippen LogP contribution is -2.45. The van der Waals surface area contributed by atoms with Crippen molar-refractivity contribution in [3.8, 4) is 5.75 Å². The number of carboxylic acid groups (broad SMARTS) is 1. The number of ketones is 1. The molecule has 0 bridgehead atoms. The van der Waals surface area contributed by atoms with E-state index >= 15 is 0 Å². The molecular formula is C25H24ClNO6S2. The van der Waals surface area contributed by atoms with Crippen molar-refractivity contribution in [2.75, 3.05) is 20.8 Å². The third kappa shape index (κ3) is 4.73. The molecule has 7 nitrogen and oxygen atoms in total. The fourth-order valence-corrected chi connectivity index (χ4v) is 6.93. The van der Waals surface area contributed by atoms with Gasteiger partial charge in [0.25, 0.3) is 0 Å². The van der Waals surface area contributed by atoms with Crippen LogP contribution in [-0.4, -0.2) is 54.5 Å². The number of rotatable bonds is 8. The second-order valence-electron chi connectivity index (χ2n) is 8.23. The van der Waals surface area contributed by atoms with Crippen LogP contribution in [0, 0.1) is 12.8 Å². The minimum Gasteiger partial charge on any atom is -0.497 e. The first-order valence-corrected chi connectivity index (χ1v) is 12.9. The molecule has 0 saturated carbocycles. The van der Waals surface area contributed by atoms with Crippen LogP contribution in [0.3, 0.4) is 0 Å². The van der Waals surface area contributed by atoms with E-state index in [0.29, 0.717) is 20.5 Å². The van der Waals surface area contributed by atoms with Crippen molar-refractivity contribution in [2.24, 2.45) is 5.92 Å². The zero-order valence-corrected chi connectivity index (χ0v) is 21.7. The summed E-state index contributed by atoms with van der Waals surface area (Å²) in [5.41, 5.74) is 1.48. The topological polar surface area (TPSA) is 93.1 Å². The molecule has 184 valence electrons. The molecule has 0 spiro atoms. The maximum atomic E-state index is 14.1. The Morgan fingerprint density at radius 3 is 2.49 bits per heavy atom. The molecule has 1 saturated heterocycles. The molecule has 4 rings (SSSR count). The Kier molecular flexibility index (Phi) is 7.61. The van der Waals surface area contributed by atoms with Crippen molar-refractivity contribution in [2.45, 2.75) is 24.9 Å². The largest absolute Gasteiger partial charge is 0.497 e. The lowest BCUT2D eigenvalue weighted by molar-refractivity contribution is -0.151. The maximum absolute atomic E-state index is 14.1. The van der Waals surface area contributed by atoms with Crippen LogP contribution in [0.5, 0.6) is 5.75 Å². The molecule has 1 aliphatic heterocycles. The van der Waals surface area contributed by atoms with Crippen LogP contribution >= 0.6 is 34.3 Å². The number of amides is 1. The number of likely N-dealkylation sites (tertiary alicyclic amines) is 1. The fraction of sp³-hybridized carbons (Fsp3) is 0.320. The van der Waals surface area contributed by atoms with E-state index in [-0.39, 0.29) is 12.4 Å². The van der Waals surface area contributed by atoms with E-state index in [4.69, 9.17) is 21.1 Å². The summed E-state index contributed by atoms with van der Waals surface area (Å²) in [6.45, 7) is 1.59. The van der Waals surface area contributed by atoms with Gasteiger partial charge in [-0.05, 0) is 53.8 Å². The lowest BCUT2D eigenvalue weighted by Gasteiger charge is -2.29.